The van der Waals surface area contributed by atoms with E-state index in [2.05, 4.69) is 5.32 Å². The Kier molecular flexibility index (Phi) is 5.29. The first-order valence-corrected chi connectivity index (χ1v) is 6.60. The molecule has 2 nitrogen and oxygen atoms in total. The Morgan fingerprint density at radius 1 is 1.17 bits per heavy atom. The molecule has 1 aromatic rings. The predicted molar refractivity (Wildman–Crippen MR) is 73.1 cm³/mol. The summed E-state index contributed by atoms with van der Waals surface area (Å²) in [6.07, 6.45) is 1.47. The second kappa shape index (κ2) is 6.30. The molecule has 0 aromatic heterocycles. The molecule has 3 heteroatoms. The van der Waals surface area contributed by atoms with Crippen molar-refractivity contribution in [2.24, 2.45) is 0 Å². The lowest BCUT2D eigenvalue weighted by Gasteiger charge is -2.25. The van der Waals surface area contributed by atoms with Crippen LogP contribution in [0.15, 0.2) is 12.1 Å². The number of hydrogen-bond acceptors (Lipinski definition) is 2. The number of aryl methyl sites for hydroxylation is 2. The van der Waals surface area contributed by atoms with Crippen molar-refractivity contribution in [3.05, 3.63) is 34.6 Å². The highest BCUT2D eigenvalue weighted by molar-refractivity contribution is 5.30. The van der Waals surface area contributed by atoms with Crippen LogP contribution >= 0.6 is 0 Å². The minimum atomic E-state index is -0.635. The Hall–Kier alpha value is -0.930. The van der Waals surface area contributed by atoms with Gasteiger partial charge in [-0.25, -0.2) is 4.39 Å². The lowest BCUT2D eigenvalue weighted by molar-refractivity contribution is 0.0323. The summed E-state index contributed by atoms with van der Waals surface area (Å²) in [4.78, 5) is 0. The van der Waals surface area contributed by atoms with E-state index in [0.717, 1.165) is 18.4 Å². The summed E-state index contributed by atoms with van der Waals surface area (Å²) >= 11 is 0. The molecule has 0 fully saturated rings. The van der Waals surface area contributed by atoms with Crippen LogP contribution in [0.5, 0.6) is 0 Å². The molecule has 18 heavy (non-hydrogen) atoms. The summed E-state index contributed by atoms with van der Waals surface area (Å²) in [5, 5.41) is 13.4. The van der Waals surface area contributed by atoms with Crippen LogP contribution in [0.4, 0.5) is 4.39 Å². The lowest BCUT2D eigenvalue weighted by Crippen LogP contribution is -2.39. The third-order valence-electron chi connectivity index (χ3n) is 3.60. The molecule has 1 aromatic carbocycles. The number of nitrogens with one attached hydrogen (secondary N) is 1. The van der Waals surface area contributed by atoms with E-state index < -0.39 is 5.60 Å². The maximum absolute atomic E-state index is 13.5. The standard InChI is InChI=1S/C15H24FNO/c1-5-15(18,6-2)10-17-9-13-7-11(3)14(16)12(4)8-13/h7-8,17-18H,5-6,9-10H2,1-4H3. The van der Waals surface area contributed by atoms with E-state index in [-0.39, 0.29) is 5.82 Å². The average molecular weight is 253 g/mol. The number of rotatable bonds is 6. The molecule has 0 spiro atoms. The van der Waals surface area contributed by atoms with Crippen molar-refractivity contribution >= 4 is 0 Å². The Balaban J connectivity index is 2.60. The van der Waals surface area contributed by atoms with Crippen molar-refractivity contribution in [2.75, 3.05) is 6.54 Å². The minimum Gasteiger partial charge on any atom is -0.389 e. The van der Waals surface area contributed by atoms with Gasteiger partial charge in [-0.15, -0.1) is 0 Å². The number of halogens is 1. The van der Waals surface area contributed by atoms with Crippen molar-refractivity contribution in [3.8, 4) is 0 Å². The molecule has 1 rings (SSSR count). The summed E-state index contributed by atoms with van der Waals surface area (Å²) < 4.78 is 13.5. The fourth-order valence-corrected chi connectivity index (χ4v) is 2.08. The van der Waals surface area contributed by atoms with Gasteiger partial charge in [0.2, 0.25) is 0 Å². The van der Waals surface area contributed by atoms with E-state index in [0.29, 0.717) is 24.2 Å². The van der Waals surface area contributed by atoms with Crippen molar-refractivity contribution < 1.29 is 9.50 Å². The highest BCUT2D eigenvalue weighted by Gasteiger charge is 2.21. The normalized spacial score (nSPS) is 11.9. The summed E-state index contributed by atoms with van der Waals surface area (Å²) in [5.74, 6) is -0.127. The molecular weight excluding hydrogens is 229 g/mol. The van der Waals surface area contributed by atoms with Crippen molar-refractivity contribution in [1.29, 1.82) is 0 Å². The van der Waals surface area contributed by atoms with Gasteiger partial charge in [0, 0.05) is 13.1 Å². The van der Waals surface area contributed by atoms with E-state index in [4.69, 9.17) is 0 Å². The molecule has 0 saturated carbocycles. The quantitative estimate of drug-likeness (QED) is 0.816. The highest BCUT2D eigenvalue weighted by atomic mass is 19.1. The zero-order valence-electron chi connectivity index (χ0n) is 11.8. The topological polar surface area (TPSA) is 32.3 Å². The third kappa shape index (κ3) is 3.79. The van der Waals surface area contributed by atoms with Crippen LogP contribution in [0, 0.1) is 19.7 Å². The smallest absolute Gasteiger partial charge is 0.129 e. The molecule has 0 bridgehead atoms. The van der Waals surface area contributed by atoms with Gasteiger partial charge in [0.15, 0.2) is 0 Å². The third-order valence-corrected chi connectivity index (χ3v) is 3.60. The molecule has 0 amide bonds. The molecule has 0 radical (unpaired) electrons. The molecule has 0 atom stereocenters. The van der Waals surface area contributed by atoms with Crippen molar-refractivity contribution in [1.82, 2.24) is 5.32 Å². The zero-order valence-corrected chi connectivity index (χ0v) is 11.8. The van der Waals surface area contributed by atoms with Crippen LogP contribution < -0.4 is 5.32 Å². The zero-order chi connectivity index (χ0) is 13.8. The average Bonchev–Trinajstić information content (AvgIpc) is 2.35. The summed E-state index contributed by atoms with van der Waals surface area (Å²) in [6.45, 7) is 8.75. The largest absolute Gasteiger partial charge is 0.389 e. The Morgan fingerprint density at radius 3 is 2.11 bits per heavy atom. The van der Waals surface area contributed by atoms with Crippen LogP contribution in [0.2, 0.25) is 0 Å². The number of hydrogen-bond donors (Lipinski definition) is 2. The molecule has 0 aliphatic carbocycles. The second-order valence-electron chi connectivity index (χ2n) is 5.08. The van der Waals surface area contributed by atoms with Crippen LogP contribution in [0.25, 0.3) is 0 Å². The summed E-state index contributed by atoms with van der Waals surface area (Å²) in [6, 6.07) is 3.71. The van der Waals surface area contributed by atoms with Crippen LogP contribution in [0.1, 0.15) is 43.4 Å². The van der Waals surface area contributed by atoms with E-state index in [1.807, 2.05) is 26.0 Å². The maximum atomic E-state index is 13.5. The monoisotopic (exact) mass is 253 g/mol. The van der Waals surface area contributed by atoms with Crippen LogP contribution in [-0.2, 0) is 6.54 Å². The van der Waals surface area contributed by atoms with Gasteiger partial charge in [-0.1, -0.05) is 26.0 Å². The Morgan fingerprint density at radius 2 is 1.67 bits per heavy atom. The van der Waals surface area contributed by atoms with Gasteiger partial charge in [-0.05, 0) is 43.4 Å². The van der Waals surface area contributed by atoms with Gasteiger partial charge in [0.25, 0.3) is 0 Å². The maximum Gasteiger partial charge on any atom is 0.129 e. The van der Waals surface area contributed by atoms with E-state index in [1.54, 1.807) is 13.8 Å². The SMILES string of the molecule is CCC(O)(CC)CNCc1cc(C)c(F)c(C)c1. The first kappa shape index (κ1) is 15.1. The van der Waals surface area contributed by atoms with E-state index in [9.17, 15) is 9.50 Å². The van der Waals surface area contributed by atoms with Gasteiger partial charge < -0.3 is 10.4 Å². The molecule has 0 unspecified atom stereocenters. The molecule has 0 heterocycles. The molecule has 2 N–H and O–H groups in total. The highest BCUT2D eigenvalue weighted by Crippen LogP contribution is 2.16. The summed E-state index contributed by atoms with van der Waals surface area (Å²) in [5.41, 5.74) is 1.77. The minimum absolute atomic E-state index is 0.127. The summed E-state index contributed by atoms with van der Waals surface area (Å²) in [7, 11) is 0. The first-order valence-electron chi connectivity index (χ1n) is 6.60. The molecule has 0 aliphatic rings. The first-order chi connectivity index (χ1) is 8.41. The fraction of sp³-hybridized carbons (Fsp3) is 0.600. The van der Waals surface area contributed by atoms with Gasteiger partial charge >= 0.3 is 0 Å². The van der Waals surface area contributed by atoms with Gasteiger partial charge in [-0.3, -0.25) is 0 Å². The molecule has 0 saturated heterocycles. The fourth-order valence-electron chi connectivity index (χ4n) is 2.08. The predicted octanol–water partition coefficient (Wildman–Crippen LogP) is 3.08. The number of benzene rings is 1. The van der Waals surface area contributed by atoms with Gasteiger partial charge in [0.1, 0.15) is 5.82 Å². The van der Waals surface area contributed by atoms with Crippen LogP contribution in [0.3, 0.4) is 0 Å². The van der Waals surface area contributed by atoms with Gasteiger partial charge in [0.05, 0.1) is 5.60 Å². The van der Waals surface area contributed by atoms with Crippen molar-refractivity contribution in [3.63, 3.8) is 0 Å². The molecular formula is C15H24FNO. The molecule has 0 aliphatic heterocycles. The second-order valence-corrected chi connectivity index (χ2v) is 5.08. The van der Waals surface area contributed by atoms with Crippen molar-refractivity contribution in [2.45, 2.75) is 52.7 Å². The lowest BCUT2D eigenvalue weighted by atomic mass is 9.97. The van der Waals surface area contributed by atoms with E-state index >= 15 is 0 Å². The Labute approximate surface area is 109 Å². The number of aliphatic hydroxyl groups is 1. The molecule has 102 valence electrons. The van der Waals surface area contributed by atoms with E-state index in [1.165, 1.54) is 0 Å². The van der Waals surface area contributed by atoms with Gasteiger partial charge in [-0.2, -0.15) is 0 Å². The Bertz CT molecular complexity index is 376. The van der Waals surface area contributed by atoms with Crippen LogP contribution in [-0.4, -0.2) is 17.3 Å².